The Morgan fingerprint density at radius 2 is 1.56 bits per heavy atom. The summed E-state index contributed by atoms with van der Waals surface area (Å²) in [6, 6.07) is 2.03. The molecule has 0 aliphatic heterocycles. The molecular formula is C14H24BN. The first kappa shape index (κ1) is 15.0. The molecule has 0 rings (SSSR count). The number of nitriles is 1. The summed E-state index contributed by atoms with van der Waals surface area (Å²) in [6.07, 6.45) is 5.53. The molecule has 0 aromatic rings. The highest BCUT2D eigenvalue weighted by atomic mass is 14.2. The van der Waals surface area contributed by atoms with Gasteiger partial charge in [-0.15, -0.1) is 0 Å². The van der Waals surface area contributed by atoms with E-state index in [4.69, 9.17) is 5.26 Å². The topological polar surface area (TPSA) is 23.8 Å². The molecule has 0 bridgehead atoms. The van der Waals surface area contributed by atoms with Gasteiger partial charge in [-0.2, -0.15) is 5.26 Å². The largest absolute Gasteiger partial charge is 0.193 e. The maximum Gasteiger partial charge on any atom is 0.176 e. The van der Waals surface area contributed by atoms with Crippen LogP contribution < -0.4 is 0 Å². The maximum atomic E-state index is 8.51. The first-order valence-electron chi connectivity index (χ1n) is 6.18. The molecule has 0 heterocycles. The maximum absolute atomic E-state index is 8.51. The van der Waals surface area contributed by atoms with Gasteiger partial charge in [-0.25, -0.2) is 0 Å². The summed E-state index contributed by atoms with van der Waals surface area (Å²) in [5.41, 5.74) is 1.46. The van der Waals surface area contributed by atoms with Crippen LogP contribution in [0.25, 0.3) is 0 Å². The van der Waals surface area contributed by atoms with Crippen LogP contribution in [0.1, 0.15) is 41.5 Å². The zero-order valence-electron chi connectivity index (χ0n) is 11.5. The fraction of sp³-hybridized carbons (Fsp3) is 0.643. The summed E-state index contributed by atoms with van der Waals surface area (Å²) < 4.78 is 0. The molecule has 2 heteroatoms. The van der Waals surface area contributed by atoms with Crippen molar-refractivity contribution in [1.29, 1.82) is 5.26 Å². The second-order valence-corrected chi connectivity index (χ2v) is 5.32. The fourth-order valence-electron chi connectivity index (χ4n) is 2.43. The van der Waals surface area contributed by atoms with Crippen molar-refractivity contribution in [3.05, 3.63) is 23.7 Å². The van der Waals surface area contributed by atoms with E-state index in [1.54, 1.807) is 6.08 Å². The van der Waals surface area contributed by atoms with Crippen LogP contribution in [0.15, 0.2) is 23.7 Å². The highest BCUT2D eigenvalue weighted by Crippen LogP contribution is 2.30. The third kappa shape index (κ3) is 4.70. The Balaban J connectivity index is 5.09. The molecule has 0 amide bonds. The van der Waals surface area contributed by atoms with Gasteiger partial charge in [-0.1, -0.05) is 70.8 Å². The molecule has 0 fully saturated rings. The van der Waals surface area contributed by atoms with E-state index in [0.717, 1.165) is 0 Å². The predicted molar refractivity (Wildman–Crippen MR) is 73.6 cm³/mol. The molecule has 0 unspecified atom stereocenters. The molecule has 1 nitrogen and oxygen atoms in total. The van der Waals surface area contributed by atoms with E-state index in [0.29, 0.717) is 24.3 Å². The van der Waals surface area contributed by atoms with E-state index in [9.17, 15) is 0 Å². The number of hydrogen-bond acceptors (Lipinski definition) is 1. The van der Waals surface area contributed by atoms with Crippen LogP contribution in [0.2, 0.25) is 11.6 Å². The van der Waals surface area contributed by atoms with Crippen molar-refractivity contribution in [2.45, 2.75) is 53.2 Å². The normalized spacial score (nSPS) is 12.9. The van der Waals surface area contributed by atoms with Crippen LogP contribution >= 0.6 is 0 Å². The van der Waals surface area contributed by atoms with Crippen molar-refractivity contribution < 1.29 is 0 Å². The lowest BCUT2D eigenvalue weighted by molar-refractivity contribution is 0.787. The number of hydrogen-bond donors (Lipinski definition) is 0. The lowest BCUT2D eigenvalue weighted by Crippen LogP contribution is -2.27. The van der Waals surface area contributed by atoms with Crippen LogP contribution in [0.5, 0.6) is 0 Å². The van der Waals surface area contributed by atoms with Gasteiger partial charge in [0.05, 0.1) is 6.07 Å². The monoisotopic (exact) mass is 217 g/mol. The van der Waals surface area contributed by atoms with Gasteiger partial charge < -0.3 is 0 Å². The van der Waals surface area contributed by atoms with Crippen molar-refractivity contribution in [3.63, 3.8) is 0 Å². The van der Waals surface area contributed by atoms with Gasteiger partial charge in [0, 0.05) is 6.08 Å². The minimum atomic E-state index is 0.540. The number of rotatable bonds is 5. The molecule has 0 aromatic carbocycles. The van der Waals surface area contributed by atoms with Crippen molar-refractivity contribution in [2.24, 2.45) is 5.92 Å². The van der Waals surface area contributed by atoms with Gasteiger partial charge in [0.15, 0.2) is 6.71 Å². The number of nitrogens with zero attached hydrogens (tertiary/aromatic N) is 1. The molecular weight excluding hydrogens is 193 g/mol. The molecule has 0 spiro atoms. The minimum Gasteiger partial charge on any atom is -0.193 e. The molecule has 0 saturated carbocycles. The van der Waals surface area contributed by atoms with E-state index in [-0.39, 0.29) is 0 Å². The first-order chi connectivity index (χ1) is 7.41. The highest BCUT2D eigenvalue weighted by molar-refractivity contribution is 6.69. The smallest absolute Gasteiger partial charge is 0.176 e. The van der Waals surface area contributed by atoms with Gasteiger partial charge in [-0.05, 0) is 5.92 Å². The van der Waals surface area contributed by atoms with E-state index in [2.05, 4.69) is 47.6 Å². The SMILES string of the molecule is CC(C)B(/C(=C\C=C/C#N)C(C)C)C(C)C. The molecule has 0 aliphatic carbocycles. The summed E-state index contributed by atoms with van der Waals surface area (Å²) in [5, 5.41) is 8.51. The summed E-state index contributed by atoms with van der Waals surface area (Å²) in [7, 11) is 0. The van der Waals surface area contributed by atoms with Crippen LogP contribution in [0.3, 0.4) is 0 Å². The van der Waals surface area contributed by atoms with Gasteiger partial charge in [-0.3, -0.25) is 0 Å². The van der Waals surface area contributed by atoms with Gasteiger partial charge in [0.2, 0.25) is 0 Å². The number of allylic oxidation sites excluding steroid dienone is 4. The van der Waals surface area contributed by atoms with Gasteiger partial charge in [0.25, 0.3) is 0 Å². The van der Waals surface area contributed by atoms with Crippen molar-refractivity contribution in [2.75, 3.05) is 0 Å². The summed E-state index contributed by atoms with van der Waals surface area (Å²) in [6.45, 7) is 14.1. The van der Waals surface area contributed by atoms with Gasteiger partial charge >= 0.3 is 0 Å². The lowest BCUT2D eigenvalue weighted by Gasteiger charge is -2.27. The second kappa shape index (κ2) is 7.33. The van der Waals surface area contributed by atoms with Crippen LogP contribution in [0, 0.1) is 17.2 Å². The summed E-state index contributed by atoms with van der Waals surface area (Å²) in [4.78, 5) is 0. The van der Waals surface area contributed by atoms with E-state index in [1.165, 1.54) is 5.47 Å². The Kier molecular flexibility index (Phi) is 6.89. The lowest BCUT2D eigenvalue weighted by atomic mass is 9.30. The Bertz CT molecular complexity index is 284. The average Bonchev–Trinajstić information content (AvgIpc) is 2.14. The zero-order chi connectivity index (χ0) is 12.7. The van der Waals surface area contributed by atoms with Crippen LogP contribution in [-0.4, -0.2) is 6.71 Å². The van der Waals surface area contributed by atoms with Gasteiger partial charge in [0.1, 0.15) is 0 Å². The van der Waals surface area contributed by atoms with Crippen molar-refractivity contribution in [3.8, 4) is 6.07 Å². The quantitative estimate of drug-likeness (QED) is 0.377. The zero-order valence-corrected chi connectivity index (χ0v) is 11.5. The third-order valence-corrected chi connectivity index (χ3v) is 2.95. The molecule has 0 aromatic heterocycles. The van der Waals surface area contributed by atoms with E-state index < -0.39 is 0 Å². The van der Waals surface area contributed by atoms with Crippen molar-refractivity contribution >= 4 is 6.71 Å². The van der Waals surface area contributed by atoms with E-state index >= 15 is 0 Å². The average molecular weight is 217 g/mol. The highest BCUT2D eigenvalue weighted by Gasteiger charge is 2.27. The summed E-state index contributed by atoms with van der Waals surface area (Å²) >= 11 is 0. The second-order valence-electron chi connectivity index (χ2n) is 5.32. The molecule has 16 heavy (non-hydrogen) atoms. The minimum absolute atomic E-state index is 0.540. The Morgan fingerprint density at radius 3 is 1.88 bits per heavy atom. The fourth-order valence-corrected chi connectivity index (χ4v) is 2.43. The third-order valence-electron chi connectivity index (χ3n) is 2.95. The first-order valence-corrected chi connectivity index (χ1v) is 6.18. The standard InChI is InChI=1S/C14H24BN/c1-11(2)14(9-7-8-10-16)15(12(3)4)13(5)6/h7-9,11-13H,1-6H3/b8-7-,14-9-. The summed E-state index contributed by atoms with van der Waals surface area (Å²) in [5.74, 6) is 1.83. The molecule has 0 N–H and O–H groups in total. The molecule has 0 radical (unpaired) electrons. The van der Waals surface area contributed by atoms with Crippen LogP contribution in [0.4, 0.5) is 0 Å². The Labute approximate surface area is 101 Å². The molecule has 0 aliphatic rings. The van der Waals surface area contributed by atoms with E-state index in [1.807, 2.05) is 12.1 Å². The Hall–Kier alpha value is -0.965. The molecule has 0 atom stereocenters. The molecule has 0 saturated heterocycles. The Morgan fingerprint density at radius 1 is 1.06 bits per heavy atom. The van der Waals surface area contributed by atoms with Crippen molar-refractivity contribution in [1.82, 2.24) is 0 Å². The van der Waals surface area contributed by atoms with Crippen LogP contribution in [-0.2, 0) is 0 Å². The molecule has 88 valence electrons. The predicted octanol–water partition coefficient (Wildman–Crippen LogP) is 4.50.